The molecule has 0 saturated heterocycles. The van der Waals surface area contributed by atoms with Gasteiger partial charge in [-0.1, -0.05) is 34.5 Å². The van der Waals surface area contributed by atoms with E-state index in [0.717, 1.165) is 16.6 Å². The maximum Gasteiger partial charge on any atom is 0.279 e. The minimum Gasteiger partial charge on any atom is -0.305 e. The van der Waals surface area contributed by atoms with Crippen LogP contribution in [0.4, 0.5) is 4.39 Å². The summed E-state index contributed by atoms with van der Waals surface area (Å²) in [7, 11) is 0. The predicted octanol–water partition coefficient (Wildman–Crippen LogP) is 3.83. The summed E-state index contributed by atoms with van der Waals surface area (Å²) in [6, 6.07) is 10.1. The van der Waals surface area contributed by atoms with Crippen LogP contribution in [0.5, 0.6) is 0 Å². The number of aryl methyl sites for hydroxylation is 2. The van der Waals surface area contributed by atoms with E-state index in [1.807, 2.05) is 19.9 Å². The van der Waals surface area contributed by atoms with Crippen LogP contribution in [0.15, 0.2) is 41.4 Å². The van der Waals surface area contributed by atoms with E-state index in [4.69, 9.17) is 6.42 Å². The van der Waals surface area contributed by atoms with Gasteiger partial charge in [-0.3, -0.25) is 4.79 Å². The fourth-order valence-corrected chi connectivity index (χ4v) is 3.68. The molecule has 3 rings (SSSR count). The highest BCUT2D eigenvalue weighted by atomic mass is 32.1. The Balaban J connectivity index is 2.17. The van der Waals surface area contributed by atoms with Gasteiger partial charge in [-0.25, -0.2) is 4.39 Å². The van der Waals surface area contributed by atoms with Gasteiger partial charge < -0.3 is 4.57 Å². The number of hydrogen-bond donors (Lipinski definition) is 0. The Kier molecular flexibility index (Phi) is 4.32. The van der Waals surface area contributed by atoms with Crippen molar-refractivity contribution >= 4 is 27.5 Å². The van der Waals surface area contributed by atoms with Gasteiger partial charge in [0.25, 0.3) is 5.91 Å². The first-order valence-electron chi connectivity index (χ1n) is 7.37. The number of fused-ring (bicyclic) bond motifs is 1. The highest BCUT2D eigenvalue weighted by Crippen LogP contribution is 2.19. The van der Waals surface area contributed by atoms with Crippen LogP contribution in [-0.4, -0.2) is 10.5 Å². The summed E-state index contributed by atoms with van der Waals surface area (Å²) in [6.07, 6.45) is 5.42. The number of hydrogen-bond acceptors (Lipinski definition) is 2. The van der Waals surface area contributed by atoms with Crippen molar-refractivity contribution in [2.75, 3.05) is 0 Å². The molecule has 0 fully saturated rings. The maximum absolute atomic E-state index is 13.4. The summed E-state index contributed by atoms with van der Waals surface area (Å²) in [4.78, 5) is 17.2. The predicted molar refractivity (Wildman–Crippen MR) is 94.4 cm³/mol. The Bertz CT molecular complexity index is 1030. The van der Waals surface area contributed by atoms with E-state index >= 15 is 0 Å². The second-order valence-corrected chi connectivity index (χ2v) is 6.59. The van der Waals surface area contributed by atoms with Crippen LogP contribution in [0.1, 0.15) is 21.5 Å². The standard InChI is InChI=1S/C19H15FN2OS/c1-4-7-22-16-6-5-15(20)11-17(16)24-19(22)21-18(23)14-9-12(2)8-13(3)10-14/h1,5-6,8-11H,7H2,2-3H3. The van der Waals surface area contributed by atoms with Crippen molar-refractivity contribution in [3.8, 4) is 12.3 Å². The zero-order chi connectivity index (χ0) is 17.3. The van der Waals surface area contributed by atoms with Crippen molar-refractivity contribution in [2.45, 2.75) is 20.4 Å². The van der Waals surface area contributed by atoms with Crippen LogP contribution in [0, 0.1) is 32.0 Å². The Morgan fingerprint density at radius 2 is 1.96 bits per heavy atom. The Labute approximate surface area is 143 Å². The van der Waals surface area contributed by atoms with Crippen molar-refractivity contribution in [1.29, 1.82) is 0 Å². The van der Waals surface area contributed by atoms with Crippen LogP contribution in [0.2, 0.25) is 0 Å². The lowest BCUT2D eigenvalue weighted by Crippen LogP contribution is -2.16. The molecule has 0 N–H and O–H groups in total. The van der Waals surface area contributed by atoms with Gasteiger partial charge in [0.05, 0.1) is 16.8 Å². The molecule has 1 heterocycles. The molecule has 0 radical (unpaired) electrons. The van der Waals surface area contributed by atoms with Crippen LogP contribution < -0.4 is 4.80 Å². The molecule has 0 bridgehead atoms. The van der Waals surface area contributed by atoms with Gasteiger partial charge in [-0.05, 0) is 44.2 Å². The van der Waals surface area contributed by atoms with E-state index < -0.39 is 0 Å². The lowest BCUT2D eigenvalue weighted by Gasteiger charge is -2.01. The van der Waals surface area contributed by atoms with Crippen molar-refractivity contribution in [2.24, 2.45) is 4.99 Å². The summed E-state index contributed by atoms with van der Waals surface area (Å²) in [5.41, 5.74) is 3.31. The molecular formula is C19H15FN2OS. The van der Waals surface area contributed by atoms with Gasteiger partial charge >= 0.3 is 0 Å². The second kappa shape index (κ2) is 6.42. The molecule has 0 aliphatic carbocycles. The summed E-state index contributed by atoms with van der Waals surface area (Å²) in [5.74, 6) is 1.89. The molecule has 0 aliphatic heterocycles. The Hall–Kier alpha value is -2.71. The van der Waals surface area contributed by atoms with Gasteiger partial charge in [0, 0.05) is 5.56 Å². The van der Waals surface area contributed by atoms with Crippen molar-refractivity contribution in [1.82, 2.24) is 4.57 Å². The third-order valence-electron chi connectivity index (χ3n) is 3.56. The molecule has 0 unspecified atom stereocenters. The average Bonchev–Trinajstić information content (AvgIpc) is 2.83. The summed E-state index contributed by atoms with van der Waals surface area (Å²) in [6.45, 7) is 4.14. The molecule has 1 aromatic heterocycles. The molecule has 1 amide bonds. The largest absolute Gasteiger partial charge is 0.305 e. The van der Waals surface area contributed by atoms with Gasteiger partial charge in [-0.2, -0.15) is 4.99 Å². The number of carbonyl (C=O) groups is 1. The summed E-state index contributed by atoms with van der Waals surface area (Å²) in [5, 5.41) is 0. The lowest BCUT2D eigenvalue weighted by atomic mass is 10.1. The molecule has 5 heteroatoms. The quantitative estimate of drug-likeness (QED) is 0.654. The highest BCUT2D eigenvalue weighted by molar-refractivity contribution is 7.16. The number of benzene rings is 2. The zero-order valence-electron chi connectivity index (χ0n) is 13.3. The zero-order valence-corrected chi connectivity index (χ0v) is 14.2. The molecule has 120 valence electrons. The van der Waals surface area contributed by atoms with Gasteiger partial charge in [0.2, 0.25) is 0 Å². The van der Waals surface area contributed by atoms with Crippen LogP contribution in [-0.2, 0) is 6.54 Å². The van der Waals surface area contributed by atoms with Gasteiger partial charge in [0.1, 0.15) is 5.82 Å². The smallest absolute Gasteiger partial charge is 0.279 e. The number of carbonyl (C=O) groups excluding carboxylic acids is 1. The van der Waals surface area contributed by atoms with Gasteiger partial charge in [0.15, 0.2) is 4.80 Å². The monoisotopic (exact) mass is 338 g/mol. The molecule has 0 saturated carbocycles. The SMILES string of the molecule is C#CCn1c(=NC(=O)c2cc(C)cc(C)c2)sc2cc(F)ccc21. The van der Waals surface area contributed by atoms with Crippen molar-refractivity contribution in [3.05, 3.63) is 63.7 Å². The number of thiazole rings is 1. The van der Waals surface area contributed by atoms with E-state index in [0.29, 0.717) is 15.1 Å². The minimum absolute atomic E-state index is 0.268. The van der Waals surface area contributed by atoms with Crippen molar-refractivity contribution in [3.63, 3.8) is 0 Å². The Morgan fingerprint density at radius 1 is 1.25 bits per heavy atom. The van der Waals surface area contributed by atoms with Gasteiger partial charge in [-0.15, -0.1) is 6.42 Å². The number of halogens is 1. The van der Waals surface area contributed by atoms with E-state index in [2.05, 4.69) is 10.9 Å². The van der Waals surface area contributed by atoms with E-state index in [9.17, 15) is 9.18 Å². The van der Waals surface area contributed by atoms with E-state index in [-0.39, 0.29) is 18.3 Å². The Morgan fingerprint density at radius 3 is 2.62 bits per heavy atom. The van der Waals surface area contributed by atoms with Crippen molar-refractivity contribution < 1.29 is 9.18 Å². The minimum atomic E-state index is -0.334. The molecule has 3 aromatic rings. The topological polar surface area (TPSA) is 34.4 Å². The molecule has 0 atom stereocenters. The number of amides is 1. The first-order valence-corrected chi connectivity index (χ1v) is 8.19. The molecule has 2 aromatic carbocycles. The summed E-state index contributed by atoms with van der Waals surface area (Å²) >= 11 is 1.25. The number of nitrogens with zero attached hydrogens (tertiary/aromatic N) is 2. The van der Waals surface area contributed by atoms with E-state index in [1.165, 1.54) is 23.5 Å². The number of rotatable bonds is 2. The maximum atomic E-state index is 13.4. The second-order valence-electron chi connectivity index (χ2n) is 5.58. The molecule has 3 nitrogen and oxygen atoms in total. The normalized spacial score (nSPS) is 11.7. The number of aromatic nitrogens is 1. The molecular weight excluding hydrogens is 323 g/mol. The highest BCUT2D eigenvalue weighted by Gasteiger charge is 2.10. The molecule has 0 spiro atoms. The number of terminal acetylenes is 1. The lowest BCUT2D eigenvalue weighted by molar-refractivity contribution is 0.0997. The first kappa shape index (κ1) is 16.2. The summed E-state index contributed by atoms with van der Waals surface area (Å²) < 4.78 is 15.9. The third-order valence-corrected chi connectivity index (χ3v) is 4.60. The van der Waals surface area contributed by atoms with E-state index in [1.54, 1.807) is 22.8 Å². The van der Waals surface area contributed by atoms with Crippen LogP contribution in [0.25, 0.3) is 10.2 Å². The molecule has 24 heavy (non-hydrogen) atoms. The first-order chi connectivity index (χ1) is 11.5. The fourth-order valence-electron chi connectivity index (χ4n) is 2.63. The van der Waals surface area contributed by atoms with Crippen LogP contribution >= 0.6 is 11.3 Å². The third kappa shape index (κ3) is 3.15. The van der Waals surface area contributed by atoms with Crippen LogP contribution in [0.3, 0.4) is 0 Å². The molecule has 0 aliphatic rings. The fraction of sp³-hybridized carbons (Fsp3) is 0.158. The average molecular weight is 338 g/mol.